The van der Waals surface area contributed by atoms with E-state index in [-0.39, 0.29) is 5.95 Å². The summed E-state index contributed by atoms with van der Waals surface area (Å²) in [6.45, 7) is 2.75. The largest absolute Gasteiger partial charge is 0.384 e. The molecule has 3 N–H and O–H groups in total. The van der Waals surface area contributed by atoms with Crippen molar-refractivity contribution in [3.8, 4) is 0 Å². The Morgan fingerprint density at radius 2 is 2.21 bits per heavy atom. The number of piperidine rings is 1. The molecule has 1 aliphatic heterocycles. The summed E-state index contributed by atoms with van der Waals surface area (Å²) < 4.78 is 5.22. The third kappa shape index (κ3) is 2.33. The van der Waals surface area contributed by atoms with E-state index in [1.165, 1.54) is 0 Å². The first-order chi connectivity index (χ1) is 9.28. The van der Waals surface area contributed by atoms with Gasteiger partial charge in [0.15, 0.2) is 11.5 Å². The first-order valence-corrected chi connectivity index (χ1v) is 6.48. The number of anilines is 2. The summed E-state index contributed by atoms with van der Waals surface area (Å²) in [7, 11) is 1.76. The fourth-order valence-corrected chi connectivity index (χ4v) is 2.61. The van der Waals surface area contributed by atoms with Gasteiger partial charge < -0.3 is 20.4 Å². The normalized spacial score (nSPS) is 17.2. The highest BCUT2D eigenvalue weighted by Crippen LogP contribution is 2.26. The van der Waals surface area contributed by atoms with Crippen LogP contribution in [0, 0.1) is 5.92 Å². The van der Waals surface area contributed by atoms with Crippen LogP contribution in [-0.4, -0.2) is 46.7 Å². The maximum absolute atomic E-state index is 5.74. The molecular weight excluding hydrogens is 244 g/mol. The van der Waals surface area contributed by atoms with Gasteiger partial charge in [0.25, 0.3) is 0 Å². The van der Waals surface area contributed by atoms with Gasteiger partial charge >= 0.3 is 0 Å². The highest BCUT2D eigenvalue weighted by Gasteiger charge is 2.22. The van der Waals surface area contributed by atoms with Gasteiger partial charge in [-0.15, -0.1) is 0 Å². The number of aromatic nitrogens is 4. The molecule has 0 aliphatic carbocycles. The summed E-state index contributed by atoms with van der Waals surface area (Å²) in [5.74, 6) is 1.77. The molecule has 102 valence electrons. The maximum atomic E-state index is 5.74. The molecule has 1 saturated heterocycles. The Kier molecular flexibility index (Phi) is 3.20. The number of hydrogen-bond acceptors (Lipinski definition) is 6. The van der Waals surface area contributed by atoms with Gasteiger partial charge in [0, 0.05) is 26.8 Å². The predicted molar refractivity (Wildman–Crippen MR) is 72.9 cm³/mol. The highest BCUT2D eigenvalue weighted by molar-refractivity contribution is 5.84. The van der Waals surface area contributed by atoms with E-state index in [0.717, 1.165) is 43.9 Å². The van der Waals surface area contributed by atoms with Crippen LogP contribution in [-0.2, 0) is 4.74 Å². The molecule has 0 bridgehead atoms. The maximum Gasteiger partial charge on any atom is 0.224 e. The molecule has 2 aromatic heterocycles. The summed E-state index contributed by atoms with van der Waals surface area (Å²) in [5.41, 5.74) is 7.23. The molecule has 0 atom stereocenters. The standard InChI is InChI=1S/C12H18N6O/c1-19-6-8-2-4-18(5-3-8)11-9-10(15-7-14-9)16-12(13)17-11/h7-8H,2-6H2,1H3,(H3,13,14,15,16,17). The van der Waals surface area contributed by atoms with Gasteiger partial charge in [-0.25, -0.2) is 4.98 Å². The summed E-state index contributed by atoms with van der Waals surface area (Å²) in [6, 6.07) is 0. The number of nitrogens with one attached hydrogen (secondary N) is 1. The number of methoxy groups -OCH3 is 1. The summed E-state index contributed by atoms with van der Waals surface area (Å²) >= 11 is 0. The molecule has 2 aromatic rings. The van der Waals surface area contributed by atoms with Crippen LogP contribution in [0.2, 0.25) is 0 Å². The van der Waals surface area contributed by atoms with Crippen molar-refractivity contribution in [3.63, 3.8) is 0 Å². The molecule has 0 saturated carbocycles. The molecule has 1 fully saturated rings. The summed E-state index contributed by atoms with van der Waals surface area (Å²) in [4.78, 5) is 17.9. The molecule has 19 heavy (non-hydrogen) atoms. The quantitative estimate of drug-likeness (QED) is 0.849. The minimum atomic E-state index is 0.272. The van der Waals surface area contributed by atoms with Crippen LogP contribution >= 0.6 is 0 Å². The zero-order valence-electron chi connectivity index (χ0n) is 11.0. The average Bonchev–Trinajstić information content (AvgIpc) is 2.87. The number of aromatic amines is 1. The average molecular weight is 262 g/mol. The van der Waals surface area contributed by atoms with Gasteiger partial charge in [0.1, 0.15) is 5.52 Å². The molecule has 1 aliphatic rings. The molecule has 7 heteroatoms. The fraction of sp³-hybridized carbons (Fsp3) is 0.583. The van der Waals surface area contributed by atoms with E-state index >= 15 is 0 Å². The van der Waals surface area contributed by atoms with E-state index in [2.05, 4.69) is 24.8 Å². The number of rotatable bonds is 3. The first-order valence-electron chi connectivity index (χ1n) is 6.48. The van der Waals surface area contributed by atoms with Gasteiger partial charge in [-0.05, 0) is 18.8 Å². The van der Waals surface area contributed by atoms with E-state index in [9.17, 15) is 0 Å². The second kappa shape index (κ2) is 5.00. The van der Waals surface area contributed by atoms with Crippen molar-refractivity contribution in [1.82, 2.24) is 19.9 Å². The Balaban J connectivity index is 1.83. The van der Waals surface area contributed by atoms with Crippen LogP contribution in [0.25, 0.3) is 11.2 Å². The van der Waals surface area contributed by atoms with E-state index < -0.39 is 0 Å². The number of fused-ring (bicyclic) bond motifs is 1. The van der Waals surface area contributed by atoms with Gasteiger partial charge in [0.05, 0.1) is 6.33 Å². The minimum Gasteiger partial charge on any atom is -0.384 e. The predicted octanol–water partition coefficient (Wildman–Crippen LogP) is 0.798. The number of H-pyrrole nitrogens is 1. The topological polar surface area (TPSA) is 92.9 Å². The third-order valence-corrected chi connectivity index (χ3v) is 3.60. The van der Waals surface area contributed by atoms with E-state index in [1.807, 2.05) is 0 Å². The van der Waals surface area contributed by atoms with Crippen molar-refractivity contribution >= 4 is 22.9 Å². The zero-order valence-corrected chi connectivity index (χ0v) is 11.0. The Morgan fingerprint density at radius 1 is 1.42 bits per heavy atom. The Bertz CT molecular complexity index is 560. The van der Waals surface area contributed by atoms with Crippen LogP contribution in [0.4, 0.5) is 11.8 Å². The van der Waals surface area contributed by atoms with Gasteiger partial charge in [-0.1, -0.05) is 0 Å². The summed E-state index contributed by atoms with van der Waals surface area (Å²) in [6.07, 6.45) is 3.83. The molecule has 0 amide bonds. The Morgan fingerprint density at radius 3 is 2.95 bits per heavy atom. The third-order valence-electron chi connectivity index (χ3n) is 3.60. The van der Waals surface area contributed by atoms with Crippen molar-refractivity contribution in [2.24, 2.45) is 5.92 Å². The summed E-state index contributed by atoms with van der Waals surface area (Å²) in [5, 5.41) is 0. The molecular formula is C12H18N6O. The van der Waals surface area contributed by atoms with Crippen molar-refractivity contribution in [2.75, 3.05) is 37.4 Å². The van der Waals surface area contributed by atoms with Gasteiger partial charge in [-0.3, -0.25) is 0 Å². The second-order valence-corrected chi connectivity index (χ2v) is 4.89. The van der Waals surface area contributed by atoms with Crippen LogP contribution in [0.5, 0.6) is 0 Å². The van der Waals surface area contributed by atoms with E-state index in [1.54, 1.807) is 13.4 Å². The number of ether oxygens (including phenoxy) is 1. The number of imidazole rings is 1. The van der Waals surface area contributed by atoms with Gasteiger partial charge in [0.2, 0.25) is 5.95 Å². The van der Waals surface area contributed by atoms with Crippen LogP contribution in [0.15, 0.2) is 6.33 Å². The number of nitrogens with two attached hydrogens (primary N) is 1. The fourth-order valence-electron chi connectivity index (χ4n) is 2.61. The van der Waals surface area contributed by atoms with Crippen LogP contribution < -0.4 is 10.6 Å². The van der Waals surface area contributed by atoms with E-state index in [4.69, 9.17) is 10.5 Å². The van der Waals surface area contributed by atoms with Crippen molar-refractivity contribution in [1.29, 1.82) is 0 Å². The lowest BCUT2D eigenvalue weighted by atomic mass is 9.98. The molecule has 0 radical (unpaired) electrons. The number of nitrogen functional groups attached to an aromatic ring is 1. The second-order valence-electron chi connectivity index (χ2n) is 4.89. The molecule has 0 unspecified atom stereocenters. The van der Waals surface area contributed by atoms with Crippen molar-refractivity contribution in [3.05, 3.63) is 6.33 Å². The Hall–Kier alpha value is -1.89. The zero-order chi connectivity index (χ0) is 13.2. The molecule has 0 spiro atoms. The van der Waals surface area contributed by atoms with Crippen LogP contribution in [0.1, 0.15) is 12.8 Å². The lowest BCUT2D eigenvalue weighted by Gasteiger charge is -2.32. The number of hydrogen-bond donors (Lipinski definition) is 2. The highest BCUT2D eigenvalue weighted by atomic mass is 16.5. The lowest BCUT2D eigenvalue weighted by molar-refractivity contribution is 0.139. The molecule has 0 aromatic carbocycles. The van der Waals surface area contributed by atoms with Crippen molar-refractivity contribution < 1.29 is 4.74 Å². The van der Waals surface area contributed by atoms with Crippen LogP contribution in [0.3, 0.4) is 0 Å². The lowest BCUT2D eigenvalue weighted by Crippen LogP contribution is -2.35. The SMILES string of the molecule is COCC1CCN(c2nc(N)nc3nc[nH]c23)CC1. The monoisotopic (exact) mass is 262 g/mol. The molecule has 7 nitrogen and oxygen atoms in total. The van der Waals surface area contributed by atoms with Gasteiger partial charge in [-0.2, -0.15) is 9.97 Å². The smallest absolute Gasteiger partial charge is 0.224 e. The number of nitrogens with zero attached hydrogens (tertiary/aromatic N) is 4. The molecule has 3 heterocycles. The first kappa shape index (κ1) is 12.2. The minimum absolute atomic E-state index is 0.272. The molecule has 3 rings (SSSR count). The van der Waals surface area contributed by atoms with E-state index in [0.29, 0.717) is 11.6 Å². The Labute approximate surface area is 111 Å². The van der Waals surface area contributed by atoms with Crippen molar-refractivity contribution in [2.45, 2.75) is 12.8 Å².